The average molecular weight is 601 g/mol. The number of nitrogens with zero attached hydrogens (tertiary/aromatic N) is 6. The highest BCUT2D eigenvalue weighted by Gasteiger charge is 2.35. The predicted octanol–water partition coefficient (Wildman–Crippen LogP) is 1.55. The smallest absolute Gasteiger partial charge is 0.414 e. The van der Waals surface area contributed by atoms with E-state index in [0.29, 0.717) is 5.78 Å². The summed E-state index contributed by atoms with van der Waals surface area (Å²) in [5.41, 5.74) is -0.184. The highest BCUT2D eigenvalue weighted by molar-refractivity contribution is 5.96. The second-order valence-electron chi connectivity index (χ2n) is 9.94. The SMILES string of the molecule is CCOC(=O)NCC1CN(c2cc(F)c(N3CCN(C(=O)C(C)NC(=O)c4cn5cccnc5n4)CC3)c(F)c2)C(=O)O1. The Morgan fingerprint density at radius 3 is 2.56 bits per heavy atom. The molecule has 2 aromatic heterocycles. The first-order chi connectivity index (χ1) is 20.6. The molecule has 2 unspecified atom stereocenters. The van der Waals surface area contributed by atoms with Crippen LogP contribution in [0.5, 0.6) is 0 Å². The molecule has 2 N–H and O–H groups in total. The van der Waals surface area contributed by atoms with Crippen LogP contribution < -0.4 is 20.4 Å². The third-order valence-corrected chi connectivity index (χ3v) is 7.03. The first kappa shape index (κ1) is 29.5. The van der Waals surface area contributed by atoms with E-state index < -0.39 is 41.9 Å². The van der Waals surface area contributed by atoms with Gasteiger partial charge in [0.15, 0.2) is 11.6 Å². The fourth-order valence-corrected chi connectivity index (χ4v) is 4.92. The second-order valence-corrected chi connectivity index (χ2v) is 9.94. The zero-order chi connectivity index (χ0) is 30.7. The van der Waals surface area contributed by atoms with Crippen molar-refractivity contribution in [2.45, 2.75) is 26.0 Å². The van der Waals surface area contributed by atoms with Crippen LogP contribution in [-0.4, -0.2) is 101 Å². The summed E-state index contributed by atoms with van der Waals surface area (Å²) in [6.07, 6.45) is 2.57. The van der Waals surface area contributed by atoms with Gasteiger partial charge in [-0.15, -0.1) is 0 Å². The van der Waals surface area contributed by atoms with Crippen molar-refractivity contribution in [3.05, 3.63) is 54.1 Å². The lowest BCUT2D eigenvalue weighted by molar-refractivity contribution is -0.133. The Labute approximate surface area is 244 Å². The number of carbonyl (C=O) groups is 4. The van der Waals surface area contributed by atoms with Gasteiger partial charge in [-0.05, 0) is 19.9 Å². The molecule has 0 saturated carbocycles. The fourth-order valence-electron chi connectivity index (χ4n) is 4.92. The van der Waals surface area contributed by atoms with E-state index in [-0.39, 0.29) is 68.9 Å². The maximum atomic E-state index is 15.2. The molecule has 43 heavy (non-hydrogen) atoms. The number of fused-ring (bicyclic) bond motifs is 1. The molecule has 0 radical (unpaired) electrons. The molecule has 2 atom stereocenters. The number of aromatic nitrogens is 3. The van der Waals surface area contributed by atoms with E-state index in [2.05, 4.69) is 20.6 Å². The van der Waals surface area contributed by atoms with Crippen LogP contribution in [0.4, 0.5) is 29.7 Å². The van der Waals surface area contributed by atoms with Crippen LogP contribution in [-0.2, 0) is 14.3 Å². The first-order valence-electron chi connectivity index (χ1n) is 13.7. The fraction of sp³-hybridized carbons (Fsp3) is 0.407. The van der Waals surface area contributed by atoms with Gasteiger partial charge >= 0.3 is 12.2 Å². The zero-order valence-corrected chi connectivity index (χ0v) is 23.5. The van der Waals surface area contributed by atoms with Crippen LogP contribution in [0.1, 0.15) is 24.3 Å². The Balaban J connectivity index is 1.16. The molecule has 14 nitrogen and oxygen atoms in total. The van der Waals surface area contributed by atoms with Gasteiger partial charge in [0.2, 0.25) is 11.7 Å². The van der Waals surface area contributed by atoms with E-state index in [1.807, 2.05) is 0 Å². The van der Waals surface area contributed by atoms with Gasteiger partial charge < -0.3 is 29.9 Å². The third-order valence-electron chi connectivity index (χ3n) is 7.03. The Morgan fingerprint density at radius 1 is 1.16 bits per heavy atom. The summed E-state index contributed by atoms with van der Waals surface area (Å²) >= 11 is 0. The lowest BCUT2D eigenvalue weighted by Gasteiger charge is -2.37. The molecule has 0 aliphatic carbocycles. The van der Waals surface area contributed by atoms with Gasteiger partial charge in [-0.2, -0.15) is 0 Å². The number of amides is 4. The Morgan fingerprint density at radius 2 is 1.88 bits per heavy atom. The molecule has 2 aliphatic rings. The standard InChI is InChI=1S/C27H30F2N8O6/c1-3-42-26(40)31-13-18-14-37(27(41)43-18)17-11-19(28)22(20(29)12-17)34-7-9-35(10-8-34)24(39)16(2)32-23(38)21-15-36-6-4-5-30-25(36)33-21/h4-6,11-12,15-16,18H,3,7-10,13-14H2,1-2H3,(H,31,40)(H,32,38). The molecule has 2 aliphatic heterocycles. The Kier molecular flexibility index (Phi) is 8.54. The van der Waals surface area contributed by atoms with Crippen LogP contribution in [0.25, 0.3) is 5.78 Å². The van der Waals surface area contributed by atoms with E-state index >= 15 is 8.78 Å². The van der Waals surface area contributed by atoms with Crippen molar-refractivity contribution >= 4 is 41.2 Å². The van der Waals surface area contributed by atoms with Gasteiger partial charge in [0, 0.05) is 56.9 Å². The number of ether oxygens (including phenoxy) is 2. The van der Waals surface area contributed by atoms with Crippen LogP contribution in [0.2, 0.25) is 0 Å². The number of carbonyl (C=O) groups excluding carboxylic acids is 4. The molecule has 3 aromatic rings. The summed E-state index contributed by atoms with van der Waals surface area (Å²) in [6, 6.07) is 2.93. The topological polar surface area (TPSA) is 151 Å². The maximum Gasteiger partial charge on any atom is 0.414 e. The highest BCUT2D eigenvalue weighted by Crippen LogP contribution is 2.31. The predicted molar refractivity (Wildman–Crippen MR) is 148 cm³/mol. The number of hydrogen-bond acceptors (Lipinski definition) is 9. The number of halogens is 2. The van der Waals surface area contributed by atoms with Crippen LogP contribution in [0.3, 0.4) is 0 Å². The summed E-state index contributed by atoms with van der Waals surface area (Å²) in [4.78, 5) is 61.8. The van der Waals surface area contributed by atoms with Crippen molar-refractivity contribution in [2.75, 3.05) is 55.7 Å². The number of imidazole rings is 1. The number of benzene rings is 1. The number of alkyl carbamates (subject to hydrolysis) is 1. The minimum atomic E-state index is -0.877. The zero-order valence-electron chi connectivity index (χ0n) is 23.5. The quantitative estimate of drug-likeness (QED) is 0.393. The summed E-state index contributed by atoms with van der Waals surface area (Å²) in [7, 11) is 0. The van der Waals surface area contributed by atoms with Gasteiger partial charge in [-0.3, -0.25) is 18.9 Å². The lowest BCUT2D eigenvalue weighted by Crippen LogP contribution is -2.54. The molecule has 2 fully saturated rings. The number of cyclic esters (lactones) is 1. The molecule has 4 amide bonds. The van der Waals surface area contributed by atoms with E-state index in [1.165, 1.54) is 16.0 Å². The monoisotopic (exact) mass is 600 g/mol. The number of rotatable bonds is 8. The molecule has 4 heterocycles. The molecule has 0 bridgehead atoms. The van der Waals surface area contributed by atoms with Gasteiger partial charge in [-0.25, -0.2) is 28.3 Å². The minimum Gasteiger partial charge on any atom is -0.450 e. The Bertz CT molecular complexity index is 1490. The van der Waals surface area contributed by atoms with Gasteiger partial charge in [-0.1, -0.05) is 0 Å². The first-order valence-corrected chi connectivity index (χ1v) is 13.7. The van der Waals surface area contributed by atoms with Gasteiger partial charge in [0.1, 0.15) is 23.5 Å². The lowest BCUT2D eigenvalue weighted by atomic mass is 10.1. The largest absolute Gasteiger partial charge is 0.450 e. The molecule has 16 heteroatoms. The summed E-state index contributed by atoms with van der Waals surface area (Å²) in [6.45, 7) is 3.97. The Hall–Kier alpha value is -5.02. The van der Waals surface area contributed by atoms with E-state index in [9.17, 15) is 19.2 Å². The normalized spacial score (nSPS) is 17.5. The molecule has 0 spiro atoms. The number of piperazine rings is 1. The number of anilines is 2. The molecule has 2 saturated heterocycles. The minimum absolute atomic E-state index is 0.0204. The summed E-state index contributed by atoms with van der Waals surface area (Å²) in [5, 5.41) is 5.10. The van der Waals surface area contributed by atoms with Crippen molar-refractivity contribution in [3.8, 4) is 0 Å². The second kappa shape index (κ2) is 12.5. The van der Waals surface area contributed by atoms with Crippen molar-refractivity contribution in [1.82, 2.24) is 29.9 Å². The van der Waals surface area contributed by atoms with Crippen LogP contribution in [0.15, 0.2) is 36.8 Å². The third kappa shape index (κ3) is 6.42. The summed E-state index contributed by atoms with van der Waals surface area (Å²) < 4.78 is 41.9. The van der Waals surface area contributed by atoms with Crippen molar-refractivity contribution in [1.29, 1.82) is 0 Å². The van der Waals surface area contributed by atoms with E-state index in [4.69, 9.17) is 9.47 Å². The van der Waals surface area contributed by atoms with Gasteiger partial charge in [0.25, 0.3) is 5.91 Å². The number of nitrogens with one attached hydrogen (secondary N) is 2. The molecule has 1 aromatic carbocycles. The molecule has 228 valence electrons. The van der Waals surface area contributed by atoms with Crippen LogP contribution >= 0.6 is 0 Å². The van der Waals surface area contributed by atoms with Crippen molar-refractivity contribution in [3.63, 3.8) is 0 Å². The van der Waals surface area contributed by atoms with Crippen LogP contribution in [0, 0.1) is 11.6 Å². The highest BCUT2D eigenvalue weighted by atomic mass is 19.1. The summed E-state index contributed by atoms with van der Waals surface area (Å²) in [5.74, 6) is -2.27. The number of hydrogen-bond donors (Lipinski definition) is 2. The van der Waals surface area contributed by atoms with Crippen molar-refractivity contribution in [2.24, 2.45) is 0 Å². The molecular weight excluding hydrogens is 570 g/mol. The molecule has 5 rings (SSSR count). The van der Waals surface area contributed by atoms with Gasteiger partial charge in [0.05, 0.1) is 25.4 Å². The average Bonchev–Trinajstić information content (AvgIpc) is 3.59. The molecular formula is C27H30F2N8O6. The van der Waals surface area contributed by atoms with Crippen molar-refractivity contribution < 1.29 is 37.4 Å². The van der Waals surface area contributed by atoms with E-state index in [0.717, 1.165) is 17.0 Å². The maximum absolute atomic E-state index is 15.2. The van der Waals surface area contributed by atoms with E-state index in [1.54, 1.807) is 36.7 Å².